The van der Waals surface area contributed by atoms with E-state index in [2.05, 4.69) is 10.2 Å². The van der Waals surface area contributed by atoms with Crippen LogP contribution in [-0.4, -0.2) is 35.7 Å². The van der Waals surface area contributed by atoms with Gasteiger partial charge in [0.2, 0.25) is 0 Å². The molecule has 0 atom stereocenters. The van der Waals surface area contributed by atoms with Crippen LogP contribution in [0.1, 0.15) is 16.7 Å². The summed E-state index contributed by atoms with van der Waals surface area (Å²) in [7, 11) is -2.58. The molecule has 0 radical (unpaired) electrons. The van der Waals surface area contributed by atoms with E-state index in [1.807, 2.05) is 12.1 Å². The summed E-state index contributed by atoms with van der Waals surface area (Å²) in [6.45, 7) is 0. The lowest BCUT2D eigenvalue weighted by Crippen LogP contribution is -2.22. The number of hydrogen-bond donors (Lipinski definition) is 0. The number of hydrazone groups is 1. The van der Waals surface area contributed by atoms with Gasteiger partial charge in [-0.2, -0.15) is 33.6 Å². The van der Waals surface area contributed by atoms with Gasteiger partial charge in [0.1, 0.15) is 0 Å². The maximum absolute atomic E-state index is 12.6. The van der Waals surface area contributed by atoms with Crippen molar-refractivity contribution in [2.45, 2.75) is 4.90 Å². The number of sulfonamides is 1. The molecule has 3 rings (SSSR count). The van der Waals surface area contributed by atoms with Crippen molar-refractivity contribution in [1.82, 2.24) is 14.0 Å². The van der Waals surface area contributed by atoms with Crippen LogP contribution in [0.15, 0.2) is 58.8 Å². The molecular weight excluding hydrogens is 352 g/mol. The largest absolute Gasteiger partial charge is 0.278 e. The summed E-state index contributed by atoms with van der Waals surface area (Å²) in [4.78, 5) is -0.0252. The number of pyridine rings is 1. The van der Waals surface area contributed by atoms with Crippen molar-refractivity contribution >= 4 is 21.8 Å². The highest BCUT2D eigenvalue weighted by Gasteiger charge is 2.19. The Bertz CT molecular complexity index is 1200. The standard InChI is InChI=1S/C17H12N6O2S/c1-22(26(24,25)16-4-2-3-13(7-16)9-18)20-11-15-12-21-23-6-5-14(10-19)8-17(15)23/h2-8,11-12H,1H3/b20-11-. The lowest BCUT2D eigenvalue weighted by atomic mass is 10.2. The molecule has 0 unspecified atom stereocenters. The minimum atomic E-state index is -3.89. The topological polar surface area (TPSA) is 115 Å². The zero-order valence-corrected chi connectivity index (χ0v) is 14.4. The second-order valence-corrected chi connectivity index (χ2v) is 7.23. The van der Waals surface area contributed by atoms with Crippen LogP contribution >= 0.6 is 0 Å². The minimum absolute atomic E-state index is 0.0252. The molecule has 2 aromatic heterocycles. The summed E-state index contributed by atoms with van der Waals surface area (Å²) in [5.41, 5.74) is 1.90. The smallest absolute Gasteiger partial charge is 0.240 e. The van der Waals surface area contributed by atoms with Gasteiger partial charge in [-0.3, -0.25) is 0 Å². The fourth-order valence-electron chi connectivity index (χ4n) is 2.25. The fourth-order valence-corrected chi connectivity index (χ4v) is 3.26. The molecule has 0 spiro atoms. The number of nitrogens with zero attached hydrogens (tertiary/aromatic N) is 6. The summed E-state index contributed by atoms with van der Waals surface area (Å²) in [6.07, 6.45) is 4.52. The van der Waals surface area contributed by atoms with Crippen molar-refractivity contribution in [1.29, 1.82) is 10.5 Å². The van der Waals surface area contributed by atoms with E-state index in [9.17, 15) is 8.42 Å². The maximum Gasteiger partial charge on any atom is 0.278 e. The molecule has 0 aliphatic rings. The van der Waals surface area contributed by atoms with Gasteiger partial charge in [0.05, 0.1) is 46.1 Å². The van der Waals surface area contributed by atoms with E-state index in [0.717, 1.165) is 4.41 Å². The molecule has 8 nitrogen and oxygen atoms in total. The highest BCUT2D eigenvalue weighted by molar-refractivity contribution is 7.89. The average molecular weight is 364 g/mol. The first kappa shape index (κ1) is 17.1. The van der Waals surface area contributed by atoms with Gasteiger partial charge in [-0.1, -0.05) is 6.07 Å². The number of aromatic nitrogens is 2. The van der Waals surface area contributed by atoms with Crippen molar-refractivity contribution < 1.29 is 8.42 Å². The minimum Gasteiger partial charge on any atom is -0.240 e. The van der Waals surface area contributed by atoms with Gasteiger partial charge in [-0.15, -0.1) is 0 Å². The van der Waals surface area contributed by atoms with Crippen LogP contribution in [0.2, 0.25) is 0 Å². The normalized spacial score (nSPS) is 11.3. The Hall–Kier alpha value is -3.69. The van der Waals surface area contributed by atoms with Crippen LogP contribution in [0.4, 0.5) is 0 Å². The molecular formula is C17H12N6O2S. The second-order valence-electron chi connectivity index (χ2n) is 5.28. The van der Waals surface area contributed by atoms with Crippen LogP contribution in [-0.2, 0) is 10.0 Å². The van der Waals surface area contributed by atoms with Crippen molar-refractivity contribution in [3.8, 4) is 12.1 Å². The zero-order valence-electron chi connectivity index (χ0n) is 13.6. The first-order chi connectivity index (χ1) is 12.5. The lowest BCUT2D eigenvalue weighted by molar-refractivity contribution is 0.491. The summed E-state index contributed by atoms with van der Waals surface area (Å²) >= 11 is 0. The lowest BCUT2D eigenvalue weighted by Gasteiger charge is -2.13. The third kappa shape index (κ3) is 3.11. The molecule has 0 aliphatic heterocycles. The molecule has 0 aliphatic carbocycles. The molecule has 128 valence electrons. The van der Waals surface area contributed by atoms with Crippen LogP contribution in [0.3, 0.4) is 0 Å². The van der Waals surface area contributed by atoms with E-state index >= 15 is 0 Å². The molecule has 3 aromatic rings. The number of benzene rings is 1. The Kier molecular flexibility index (Phi) is 4.40. The van der Waals surface area contributed by atoms with Crippen molar-refractivity contribution in [3.63, 3.8) is 0 Å². The van der Waals surface area contributed by atoms with Crippen molar-refractivity contribution in [2.24, 2.45) is 5.10 Å². The molecule has 0 saturated carbocycles. The second kappa shape index (κ2) is 6.67. The fraction of sp³-hybridized carbons (Fsp3) is 0.0588. The van der Waals surface area contributed by atoms with Gasteiger partial charge in [0, 0.05) is 18.8 Å². The summed E-state index contributed by atoms with van der Waals surface area (Å²) in [6, 6.07) is 12.9. The van der Waals surface area contributed by atoms with E-state index < -0.39 is 10.0 Å². The predicted molar refractivity (Wildman–Crippen MR) is 93.6 cm³/mol. The van der Waals surface area contributed by atoms with Crippen LogP contribution in [0.5, 0.6) is 0 Å². The van der Waals surface area contributed by atoms with Gasteiger partial charge in [-0.25, -0.2) is 4.52 Å². The van der Waals surface area contributed by atoms with Gasteiger partial charge in [-0.05, 0) is 30.3 Å². The Morgan fingerprint density at radius 1 is 1.19 bits per heavy atom. The predicted octanol–water partition coefficient (Wildman–Crippen LogP) is 1.73. The zero-order chi connectivity index (χ0) is 18.7. The van der Waals surface area contributed by atoms with Crippen LogP contribution < -0.4 is 0 Å². The molecule has 26 heavy (non-hydrogen) atoms. The maximum atomic E-state index is 12.6. The van der Waals surface area contributed by atoms with Gasteiger partial charge >= 0.3 is 0 Å². The monoisotopic (exact) mass is 364 g/mol. The highest BCUT2D eigenvalue weighted by atomic mass is 32.2. The molecule has 0 N–H and O–H groups in total. The highest BCUT2D eigenvalue weighted by Crippen LogP contribution is 2.16. The Morgan fingerprint density at radius 2 is 1.92 bits per heavy atom. The van der Waals surface area contributed by atoms with E-state index in [-0.39, 0.29) is 10.5 Å². The first-order valence-corrected chi connectivity index (χ1v) is 8.80. The molecule has 0 saturated heterocycles. The third-order valence-electron chi connectivity index (χ3n) is 3.65. The van der Waals surface area contributed by atoms with E-state index in [4.69, 9.17) is 10.5 Å². The summed E-state index contributed by atoms with van der Waals surface area (Å²) in [5, 5.41) is 26.0. The first-order valence-electron chi connectivity index (χ1n) is 7.36. The molecule has 2 heterocycles. The molecule has 0 fully saturated rings. The van der Waals surface area contributed by atoms with Crippen molar-refractivity contribution in [2.75, 3.05) is 7.05 Å². The van der Waals surface area contributed by atoms with Gasteiger partial charge in [0.25, 0.3) is 10.0 Å². The average Bonchev–Trinajstić information content (AvgIpc) is 3.08. The SMILES string of the molecule is CN(/N=C\c1cnn2ccc(C#N)cc12)S(=O)(=O)c1cccc(C#N)c1. The van der Waals surface area contributed by atoms with Crippen LogP contribution in [0, 0.1) is 22.7 Å². The summed E-state index contributed by atoms with van der Waals surface area (Å²) < 4.78 is 27.5. The van der Waals surface area contributed by atoms with Gasteiger partial charge in [0.15, 0.2) is 0 Å². The Morgan fingerprint density at radius 3 is 2.65 bits per heavy atom. The summed E-state index contributed by atoms with van der Waals surface area (Å²) in [5.74, 6) is 0. The number of rotatable bonds is 4. The van der Waals surface area contributed by atoms with E-state index in [1.54, 1.807) is 22.8 Å². The quantitative estimate of drug-likeness (QED) is 0.516. The molecule has 1 aromatic carbocycles. The third-order valence-corrected chi connectivity index (χ3v) is 5.29. The number of nitriles is 2. The Labute approximate surface area is 149 Å². The van der Waals surface area contributed by atoms with Crippen molar-refractivity contribution in [3.05, 3.63) is 65.5 Å². The van der Waals surface area contributed by atoms with Crippen LogP contribution in [0.25, 0.3) is 5.52 Å². The molecule has 9 heteroatoms. The number of hydrogen-bond acceptors (Lipinski definition) is 6. The Balaban J connectivity index is 1.93. The number of fused-ring (bicyclic) bond motifs is 1. The van der Waals surface area contributed by atoms with Gasteiger partial charge < -0.3 is 0 Å². The molecule has 0 bridgehead atoms. The van der Waals surface area contributed by atoms with E-state index in [1.165, 1.54) is 43.7 Å². The van der Waals surface area contributed by atoms with E-state index in [0.29, 0.717) is 16.6 Å². The molecule has 0 amide bonds.